The molecule has 0 spiro atoms. The Morgan fingerprint density at radius 1 is 1.26 bits per heavy atom. The molecular formula is C17H16N2O4. The van der Waals surface area contributed by atoms with Gasteiger partial charge in [0.15, 0.2) is 6.10 Å². The molecular weight excluding hydrogens is 296 g/mol. The zero-order valence-corrected chi connectivity index (χ0v) is 13.0. The normalized spacial score (nSPS) is 11.4. The van der Waals surface area contributed by atoms with Crippen LogP contribution < -0.4 is 5.32 Å². The van der Waals surface area contributed by atoms with E-state index in [1.165, 1.54) is 6.92 Å². The predicted octanol–water partition coefficient (Wildman–Crippen LogP) is 2.95. The summed E-state index contributed by atoms with van der Waals surface area (Å²) in [7, 11) is 0. The highest BCUT2D eigenvalue weighted by Crippen LogP contribution is 2.16. The highest BCUT2D eigenvalue weighted by molar-refractivity contribution is 5.97. The molecule has 6 heteroatoms. The standard InChI is InChI=1S/C17H16N2O4/c1-10-8-15(11(2)22-10)17(21)23-12(3)16(20)19-14-6-4-13(9-18)5-7-14/h4-8,12H,1-3H3,(H,19,20)/t12-/m1/s1. The minimum absolute atomic E-state index is 0.306. The lowest BCUT2D eigenvalue weighted by Crippen LogP contribution is -2.30. The van der Waals surface area contributed by atoms with Crippen LogP contribution in [0.15, 0.2) is 34.7 Å². The average molecular weight is 312 g/mol. The Morgan fingerprint density at radius 3 is 2.43 bits per heavy atom. The topological polar surface area (TPSA) is 92.3 Å². The first-order valence-corrected chi connectivity index (χ1v) is 6.99. The molecule has 0 radical (unpaired) electrons. The van der Waals surface area contributed by atoms with Crippen LogP contribution in [-0.4, -0.2) is 18.0 Å². The van der Waals surface area contributed by atoms with Crippen LogP contribution in [0.2, 0.25) is 0 Å². The van der Waals surface area contributed by atoms with Crippen LogP contribution in [0, 0.1) is 25.2 Å². The molecule has 1 heterocycles. The molecule has 1 N–H and O–H groups in total. The Morgan fingerprint density at radius 2 is 1.91 bits per heavy atom. The van der Waals surface area contributed by atoms with Crippen LogP contribution in [0.4, 0.5) is 5.69 Å². The Hall–Kier alpha value is -3.07. The highest BCUT2D eigenvalue weighted by atomic mass is 16.5. The average Bonchev–Trinajstić information content (AvgIpc) is 2.86. The molecule has 0 aliphatic heterocycles. The Kier molecular flexibility index (Phi) is 4.82. The summed E-state index contributed by atoms with van der Waals surface area (Å²) in [6, 6.07) is 9.95. The molecule has 2 rings (SSSR count). The molecule has 0 fully saturated rings. The smallest absolute Gasteiger partial charge is 0.342 e. The lowest BCUT2D eigenvalue weighted by molar-refractivity contribution is -0.123. The second kappa shape index (κ2) is 6.79. The third kappa shape index (κ3) is 3.98. The number of hydrogen-bond donors (Lipinski definition) is 1. The zero-order chi connectivity index (χ0) is 17.0. The predicted molar refractivity (Wildman–Crippen MR) is 82.8 cm³/mol. The summed E-state index contributed by atoms with van der Waals surface area (Å²) in [4.78, 5) is 24.1. The molecule has 0 saturated carbocycles. The van der Waals surface area contributed by atoms with Crippen molar-refractivity contribution in [3.05, 3.63) is 53.0 Å². The minimum Gasteiger partial charge on any atom is -0.466 e. The van der Waals surface area contributed by atoms with E-state index in [4.69, 9.17) is 14.4 Å². The van der Waals surface area contributed by atoms with Gasteiger partial charge in [0.2, 0.25) is 0 Å². The van der Waals surface area contributed by atoms with Crippen LogP contribution in [0.1, 0.15) is 34.4 Å². The molecule has 0 unspecified atom stereocenters. The molecule has 0 aliphatic carbocycles. The Labute approximate surface area is 133 Å². The largest absolute Gasteiger partial charge is 0.466 e. The molecule has 23 heavy (non-hydrogen) atoms. The van der Waals surface area contributed by atoms with E-state index in [1.54, 1.807) is 44.2 Å². The number of nitrogens with zero attached hydrogens (tertiary/aromatic N) is 1. The molecule has 1 amide bonds. The third-order valence-corrected chi connectivity index (χ3v) is 3.20. The maximum atomic E-state index is 12.0. The quantitative estimate of drug-likeness (QED) is 0.876. The SMILES string of the molecule is Cc1cc(C(=O)O[C@H](C)C(=O)Nc2ccc(C#N)cc2)c(C)o1. The number of aryl methyl sites for hydroxylation is 2. The fourth-order valence-corrected chi connectivity index (χ4v) is 1.98. The van der Waals surface area contributed by atoms with E-state index in [1.807, 2.05) is 6.07 Å². The van der Waals surface area contributed by atoms with E-state index in [0.29, 0.717) is 28.3 Å². The summed E-state index contributed by atoms with van der Waals surface area (Å²) in [6.07, 6.45) is -0.965. The maximum Gasteiger partial charge on any atom is 0.342 e. The van der Waals surface area contributed by atoms with Crippen LogP contribution in [-0.2, 0) is 9.53 Å². The van der Waals surface area contributed by atoms with Gasteiger partial charge in [-0.2, -0.15) is 5.26 Å². The van der Waals surface area contributed by atoms with Crippen molar-refractivity contribution in [3.63, 3.8) is 0 Å². The first-order chi connectivity index (χ1) is 10.9. The number of carbonyl (C=O) groups excluding carboxylic acids is 2. The molecule has 0 saturated heterocycles. The molecule has 118 valence electrons. The second-order valence-corrected chi connectivity index (χ2v) is 5.05. The fraction of sp³-hybridized carbons (Fsp3) is 0.235. The number of amides is 1. The number of nitriles is 1. The molecule has 6 nitrogen and oxygen atoms in total. The van der Waals surface area contributed by atoms with Gasteiger partial charge in [0, 0.05) is 5.69 Å². The van der Waals surface area contributed by atoms with Crippen molar-refractivity contribution in [2.75, 3.05) is 5.32 Å². The van der Waals surface area contributed by atoms with Gasteiger partial charge < -0.3 is 14.5 Å². The summed E-state index contributed by atoms with van der Waals surface area (Å²) in [5.74, 6) is -0.0147. The molecule has 2 aromatic rings. The van der Waals surface area contributed by atoms with Crippen molar-refractivity contribution >= 4 is 17.6 Å². The number of benzene rings is 1. The van der Waals surface area contributed by atoms with Gasteiger partial charge in [-0.3, -0.25) is 4.79 Å². The highest BCUT2D eigenvalue weighted by Gasteiger charge is 2.22. The summed E-state index contributed by atoms with van der Waals surface area (Å²) < 4.78 is 10.4. The number of carbonyl (C=O) groups is 2. The number of hydrogen-bond acceptors (Lipinski definition) is 5. The van der Waals surface area contributed by atoms with E-state index in [0.717, 1.165) is 0 Å². The van der Waals surface area contributed by atoms with E-state index >= 15 is 0 Å². The maximum absolute atomic E-state index is 12.0. The third-order valence-electron chi connectivity index (χ3n) is 3.20. The van der Waals surface area contributed by atoms with E-state index in [2.05, 4.69) is 5.32 Å². The monoisotopic (exact) mass is 312 g/mol. The second-order valence-electron chi connectivity index (χ2n) is 5.05. The summed E-state index contributed by atoms with van der Waals surface area (Å²) in [5, 5.41) is 11.3. The minimum atomic E-state index is -0.965. The van der Waals surface area contributed by atoms with Crippen molar-refractivity contribution in [2.24, 2.45) is 0 Å². The summed E-state index contributed by atoms with van der Waals surface area (Å²) >= 11 is 0. The van der Waals surface area contributed by atoms with Gasteiger partial charge >= 0.3 is 5.97 Å². The Bertz CT molecular complexity index is 769. The van der Waals surface area contributed by atoms with Crippen LogP contribution >= 0.6 is 0 Å². The lowest BCUT2D eigenvalue weighted by Gasteiger charge is -2.13. The molecule has 1 atom stereocenters. The van der Waals surface area contributed by atoms with Crippen LogP contribution in [0.3, 0.4) is 0 Å². The van der Waals surface area contributed by atoms with Gasteiger partial charge in [0.1, 0.15) is 17.1 Å². The number of ether oxygens (including phenoxy) is 1. The number of furan rings is 1. The number of rotatable bonds is 4. The zero-order valence-electron chi connectivity index (χ0n) is 13.0. The van der Waals surface area contributed by atoms with Crippen LogP contribution in [0.25, 0.3) is 0 Å². The van der Waals surface area contributed by atoms with E-state index in [-0.39, 0.29) is 0 Å². The fourth-order valence-electron chi connectivity index (χ4n) is 1.98. The number of anilines is 1. The van der Waals surface area contributed by atoms with Gasteiger partial charge in [-0.25, -0.2) is 4.79 Å². The van der Waals surface area contributed by atoms with Gasteiger partial charge in [0.05, 0.1) is 11.6 Å². The molecule has 0 bridgehead atoms. The first kappa shape index (κ1) is 16.3. The van der Waals surface area contributed by atoms with Crippen molar-refractivity contribution in [2.45, 2.75) is 26.9 Å². The lowest BCUT2D eigenvalue weighted by atomic mass is 10.2. The molecule has 0 aliphatic rings. The van der Waals surface area contributed by atoms with Gasteiger partial charge in [0.25, 0.3) is 5.91 Å². The van der Waals surface area contributed by atoms with Crippen molar-refractivity contribution in [1.82, 2.24) is 0 Å². The van der Waals surface area contributed by atoms with Gasteiger partial charge in [-0.15, -0.1) is 0 Å². The molecule has 1 aromatic carbocycles. The number of nitrogens with one attached hydrogen (secondary N) is 1. The van der Waals surface area contributed by atoms with Crippen molar-refractivity contribution < 1.29 is 18.7 Å². The molecule has 1 aromatic heterocycles. The van der Waals surface area contributed by atoms with Crippen molar-refractivity contribution in [3.8, 4) is 6.07 Å². The van der Waals surface area contributed by atoms with Crippen LogP contribution in [0.5, 0.6) is 0 Å². The summed E-state index contributed by atoms with van der Waals surface area (Å²) in [5.41, 5.74) is 1.32. The van der Waals surface area contributed by atoms with Crippen molar-refractivity contribution in [1.29, 1.82) is 5.26 Å². The van der Waals surface area contributed by atoms with E-state index in [9.17, 15) is 9.59 Å². The number of esters is 1. The summed E-state index contributed by atoms with van der Waals surface area (Å²) in [6.45, 7) is 4.87. The van der Waals surface area contributed by atoms with Gasteiger partial charge in [-0.1, -0.05) is 0 Å². The van der Waals surface area contributed by atoms with E-state index < -0.39 is 18.0 Å². The first-order valence-electron chi connectivity index (χ1n) is 6.99. The van der Waals surface area contributed by atoms with Gasteiger partial charge in [-0.05, 0) is 51.1 Å². The Balaban J connectivity index is 1.98.